The van der Waals surface area contributed by atoms with Crippen molar-refractivity contribution in [1.82, 2.24) is 20.1 Å². The molecule has 0 saturated heterocycles. The molecule has 3 aromatic heterocycles. The number of carbonyl (C=O) groups excluding carboxylic acids is 1. The molecule has 0 bridgehead atoms. The van der Waals surface area contributed by atoms with Gasteiger partial charge in [0.15, 0.2) is 10.8 Å². The first-order chi connectivity index (χ1) is 13.1. The molecule has 1 N–H and O–H groups in total. The lowest BCUT2D eigenvalue weighted by Gasteiger charge is -2.04. The molecule has 6 nitrogen and oxygen atoms in total. The van der Waals surface area contributed by atoms with Crippen molar-refractivity contribution < 1.29 is 9.21 Å². The number of thiazole rings is 1. The molecule has 0 aliphatic heterocycles. The van der Waals surface area contributed by atoms with Gasteiger partial charge in [-0.15, -0.1) is 11.3 Å². The van der Waals surface area contributed by atoms with Gasteiger partial charge in [0.2, 0.25) is 0 Å². The zero-order valence-corrected chi connectivity index (χ0v) is 15.8. The highest BCUT2D eigenvalue weighted by atomic mass is 32.1. The predicted molar refractivity (Wildman–Crippen MR) is 104 cm³/mol. The minimum absolute atomic E-state index is 0.167. The number of aryl methyl sites for hydroxylation is 2. The van der Waals surface area contributed by atoms with Crippen molar-refractivity contribution in [2.45, 2.75) is 13.5 Å². The van der Waals surface area contributed by atoms with Crippen LogP contribution in [0.4, 0.5) is 0 Å². The monoisotopic (exact) mass is 378 g/mol. The van der Waals surface area contributed by atoms with E-state index in [1.807, 2.05) is 49.4 Å². The van der Waals surface area contributed by atoms with Crippen LogP contribution >= 0.6 is 11.3 Å². The summed E-state index contributed by atoms with van der Waals surface area (Å²) in [5, 5.41) is 8.22. The van der Waals surface area contributed by atoms with Crippen LogP contribution in [0.15, 0.2) is 59.2 Å². The van der Waals surface area contributed by atoms with Crippen LogP contribution in [0.25, 0.3) is 22.0 Å². The second-order valence-electron chi connectivity index (χ2n) is 6.09. The maximum atomic E-state index is 12.6. The zero-order valence-electron chi connectivity index (χ0n) is 15.0. The summed E-state index contributed by atoms with van der Waals surface area (Å²) >= 11 is 1.52. The van der Waals surface area contributed by atoms with Crippen LogP contribution in [0.2, 0.25) is 0 Å². The van der Waals surface area contributed by atoms with E-state index in [2.05, 4.69) is 15.4 Å². The van der Waals surface area contributed by atoms with Gasteiger partial charge in [0, 0.05) is 17.5 Å². The average molecular weight is 378 g/mol. The lowest BCUT2D eigenvalue weighted by atomic mass is 10.1. The summed E-state index contributed by atoms with van der Waals surface area (Å²) in [4.78, 5) is 18.1. The number of hydrogen-bond acceptors (Lipinski definition) is 5. The molecule has 0 fully saturated rings. The summed E-state index contributed by atoms with van der Waals surface area (Å²) in [6.45, 7) is 2.34. The molecule has 4 aromatic rings. The lowest BCUT2D eigenvalue weighted by molar-refractivity contribution is 0.0942. The van der Waals surface area contributed by atoms with Gasteiger partial charge in [-0.3, -0.25) is 9.48 Å². The van der Waals surface area contributed by atoms with Gasteiger partial charge in [-0.05, 0) is 25.1 Å². The highest BCUT2D eigenvalue weighted by molar-refractivity contribution is 7.15. The molecule has 0 radical (unpaired) electrons. The molecule has 0 atom stereocenters. The Kier molecular flexibility index (Phi) is 4.60. The third-order valence-corrected chi connectivity index (χ3v) is 5.39. The Balaban J connectivity index is 1.48. The highest BCUT2D eigenvalue weighted by Crippen LogP contribution is 2.28. The van der Waals surface area contributed by atoms with Crippen molar-refractivity contribution >= 4 is 17.2 Å². The average Bonchev–Trinajstić information content (AvgIpc) is 3.40. The summed E-state index contributed by atoms with van der Waals surface area (Å²) in [7, 11) is 1.77. The van der Waals surface area contributed by atoms with Gasteiger partial charge in [-0.25, -0.2) is 4.98 Å². The van der Waals surface area contributed by atoms with E-state index in [1.165, 1.54) is 11.3 Å². The van der Waals surface area contributed by atoms with Gasteiger partial charge in [0.1, 0.15) is 5.69 Å². The molecular formula is C20H18N4O2S. The number of benzene rings is 1. The summed E-state index contributed by atoms with van der Waals surface area (Å²) in [6, 6.07) is 15.3. The zero-order chi connectivity index (χ0) is 18.8. The second-order valence-corrected chi connectivity index (χ2v) is 7.18. The van der Waals surface area contributed by atoms with Crippen molar-refractivity contribution in [2.24, 2.45) is 7.05 Å². The number of hydrogen-bond donors (Lipinski definition) is 1. The van der Waals surface area contributed by atoms with Gasteiger partial charge in [0.25, 0.3) is 5.91 Å². The molecule has 0 unspecified atom stereocenters. The summed E-state index contributed by atoms with van der Waals surface area (Å²) in [6.07, 6.45) is 1.63. The van der Waals surface area contributed by atoms with Crippen LogP contribution in [-0.2, 0) is 13.6 Å². The quantitative estimate of drug-likeness (QED) is 0.569. The van der Waals surface area contributed by atoms with E-state index in [0.29, 0.717) is 12.2 Å². The second kappa shape index (κ2) is 7.20. The van der Waals surface area contributed by atoms with Crippen LogP contribution in [0, 0.1) is 6.92 Å². The van der Waals surface area contributed by atoms with E-state index in [0.717, 1.165) is 32.6 Å². The van der Waals surface area contributed by atoms with E-state index in [1.54, 1.807) is 24.1 Å². The lowest BCUT2D eigenvalue weighted by Crippen LogP contribution is -2.25. The number of furan rings is 1. The Hall–Kier alpha value is -3.19. The maximum absolute atomic E-state index is 12.6. The first kappa shape index (κ1) is 17.2. The molecule has 0 saturated carbocycles. The molecule has 7 heteroatoms. The Morgan fingerprint density at radius 2 is 2.04 bits per heavy atom. The van der Waals surface area contributed by atoms with Crippen molar-refractivity contribution in [3.63, 3.8) is 0 Å². The fourth-order valence-electron chi connectivity index (χ4n) is 2.78. The molecule has 0 spiro atoms. The third kappa shape index (κ3) is 3.54. The van der Waals surface area contributed by atoms with Crippen LogP contribution in [0.3, 0.4) is 0 Å². The van der Waals surface area contributed by atoms with Crippen LogP contribution in [0.5, 0.6) is 0 Å². The van der Waals surface area contributed by atoms with Crippen LogP contribution < -0.4 is 5.32 Å². The number of aromatic nitrogens is 3. The number of rotatable bonds is 5. The fraction of sp³-hybridized carbons (Fsp3) is 0.150. The maximum Gasteiger partial charge on any atom is 0.269 e. The SMILES string of the molecule is Cc1nc(-c2ccco2)sc1CNC(=O)c1cc(-c2ccccc2)nn1C. The van der Waals surface area contributed by atoms with E-state index < -0.39 is 0 Å². The van der Waals surface area contributed by atoms with Crippen molar-refractivity contribution in [1.29, 1.82) is 0 Å². The van der Waals surface area contributed by atoms with E-state index in [4.69, 9.17) is 4.42 Å². The standard InChI is InChI=1S/C20H18N4O2S/c1-13-18(27-20(22-13)17-9-6-10-26-17)12-21-19(25)16-11-15(23-24(16)2)14-7-4-3-5-8-14/h3-11H,12H2,1-2H3,(H,21,25). The van der Waals surface area contributed by atoms with Gasteiger partial charge < -0.3 is 9.73 Å². The van der Waals surface area contributed by atoms with E-state index >= 15 is 0 Å². The fourth-order valence-corrected chi connectivity index (χ4v) is 3.75. The summed E-state index contributed by atoms with van der Waals surface area (Å²) in [5.74, 6) is 0.569. The van der Waals surface area contributed by atoms with Crippen LogP contribution in [-0.4, -0.2) is 20.7 Å². The number of carbonyl (C=O) groups is 1. The van der Waals surface area contributed by atoms with Crippen LogP contribution in [0.1, 0.15) is 21.1 Å². The molecular weight excluding hydrogens is 360 g/mol. The third-order valence-electron chi connectivity index (χ3n) is 4.22. The Labute approximate surface area is 160 Å². The minimum Gasteiger partial charge on any atom is -0.462 e. The molecule has 1 aromatic carbocycles. The highest BCUT2D eigenvalue weighted by Gasteiger charge is 2.16. The van der Waals surface area contributed by atoms with Crippen molar-refractivity contribution in [3.8, 4) is 22.0 Å². The summed E-state index contributed by atoms with van der Waals surface area (Å²) < 4.78 is 6.99. The summed E-state index contributed by atoms with van der Waals surface area (Å²) in [5.41, 5.74) is 3.16. The topological polar surface area (TPSA) is 73.0 Å². The first-order valence-corrected chi connectivity index (χ1v) is 9.31. The van der Waals surface area contributed by atoms with Crippen molar-refractivity contribution in [3.05, 3.63) is 71.1 Å². The molecule has 27 heavy (non-hydrogen) atoms. The smallest absolute Gasteiger partial charge is 0.269 e. The van der Waals surface area contributed by atoms with Gasteiger partial charge in [-0.1, -0.05) is 30.3 Å². The number of nitrogens with zero attached hydrogens (tertiary/aromatic N) is 3. The van der Waals surface area contributed by atoms with E-state index in [-0.39, 0.29) is 5.91 Å². The molecule has 4 rings (SSSR count). The molecule has 0 aliphatic carbocycles. The normalized spacial score (nSPS) is 10.9. The van der Waals surface area contributed by atoms with Crippen molar-refractivity contribution in [2.75, 3.05) is 0 Å². The Morgan fingerprint density at radius 1 is 1.22 bits per heavy atom. The van der Waals surface area contributed by atoms with Gasteiger partial charge in [0.05, 0.1) is 24.2 Å². The minimum atomic E-state index is -0.167. The molecule has 136 valence electrons. The Bertz CT molecular complexity index is 1070. The van der Waals surface area contributed by atoms with Gasteiger partial charge in [-0.2, -0.15) is 5.10 Å². The molecule has 1 amide bonds. The van der Waals surface area contributed by atoms with Gasteiger partial charge >= 0.3 is 0 Å². The first-order valence-electron chi connectivity index (χ1n) is 8.49. The number of nitrogens with one attached hydrogen (secondary N) is 1. The molecule has 3 heterocycles. The predicted octanol–water partition coefficient (Wildman–Crippen LogP) is 4.04. The Morgan fingerprint density at radius 3 is 2.78 bits per heavy atom. The largest absolute Gasteiger partial charge is 0.462 e. The molecule has 0 aliphatic rings. The number of amides is 1. The van der Waals surface area contributed by atoms with E-state index in [9.17, 15) is 4.79 Å².